The molecule has 1 fully saturated rings. The highest BCUT2D eigenvalue weighted by molar-refractivity contribution is 5.91. The summed E-state index contributed by atoms with van der Waals surface area (Å²) in [5.41, 5.74) is 0. The fourth-order valence-corrected chi connectivity index (χ4v) is 2.11. The van der Waals surface area contributed by atoms with E-state index in [2.05, 4.69) is 15.2 Å². The molecule has 6 heteroatoms. The molecule has 4 nitrogen and oxygen atoms in total. The van der Waals surface area contributed by atoms with Gasteiger partial charge in [-0.1, -0.05) is 0 Å². The maximum atomic E-state index is 13.3. The smallest absolute Gasteiger partial charge is 0.230 e. The number of pyridine rings is 1. The van der Waals surface area contributed by atoms with Crippen molar-refractivity contribution in [3.63, 3.8) is 0 Å². The molecule has 1 atom stereocenters. The van der Waals surface area contributed by atoms with Gasteiger partial charge in [-0.05, 0) is 26.4 Å². The van der Waals surface area contributed by atoms with Crippen molar-refractivity contribution in [2.75, 3.05) is 25.5 Å². The molecule has 1 aliphatic rings. The lowest BCUT2D eigenvalue weighted by molar-refractivity contribution is -0.121. The second-order valence-corrected chi connectivity index (χ2v) is 4.57. The van der Waals surface area contributed by atoms with Crippen molar-refractivity contribution < 1.29 is 13.6 Å². The third-order valence-corrected chi connectivity index (χ3v) is 3.04. The van der Waals surface area contributed by atoms with Crippen LogP contribution in [0, 0.1) is 17.6 Å². The van der Waals surface area contributed by atoms with E-state index < -0.39 is 11.6 Å². The van der Waals surface area contributed by atoms with Gasteiger partial charge in [0, 0.05) is 12.6 Å². The van der Waals surface area contributed by atoms with Crippen LogP contribution in [0.5, 0.6) is 0 Å². The van der Waals surface area contributed by atoms with Crippen LogP contribution >= 0.6 is 0 Å². The minimum Gasteiger partial charge on any atom is -0.308 e. The van der Waals surface area contributed by atoms with Gasteiger partial charge in [-0.25, -0.2) is 13.8 Å². The SMILES string of the molecule is CN1CCCC(C(=O)Nc2ncc(F)cc2F)C1. The molecule has 0 aliphatic carbocycles. The Morgan fingerprint density at radius 2 is 2.33 bits per heavy atom. The van der Waals surface area contributed by atoms with Crippen LogP contribution in [0.25, 0.3) is 0 Å². The number of rotatable bonds is 2. The molecular weight excluding hydrogens is 240 g/mol. The summed E-state index contributed by atoms with van der Waals surface area (Å²) in [6.45, 7) is 1.61. The molecule has 1 aliphatic heterocycles. The highest BCUT2D eigenvalue weighted by Gasteiger charge is 2.24. The molecule has 1 saturated heterocycles. The zero-order chi connectivity index (χ0) is 13.1. The quantitative estimate of drug-likeness (QED) is 0.873. The maximum absolute atomic E-state index is 13.3. The summed E-state index contributed by atoms with van der Waals surface area (Å²) in [4.78, 5) is 17.5. The van der Waals surface area contributed by atoms with Crippen molar-refractivity contribution >= 4 is 11.7 Å². The van der Waals surface area contributed by atoms with Crippen molar-refractivity contribution in [3.8, 4) is 0 Å². The molecule has 1 aromatic heterocycles. The normalized spacial score (nSPS) is 20.7. The van der Waals surface area contributed by atoms with Crippen LogP contribution in [-0.4, -0.2) is 35.9 Å². The number of carbonyl (C=O) groups excluding carboxylic acids is 1. The summed E-state index contributed by atoms with van der Waals surface area (Å²) in [7, 11) is 1.94. The lowest BCUT2D eigenvalue weighted by Crippen LogP contribution is -2.38. The Kier molecular flexibility index (Phi) is 3.86. The molecule has 2 rings (SSSR count). The zero-order valence-corrected chi connectivity index (χ0v) is 10.1. The van der Waals surface area contributed by atoms with E-state index in [-0.39, 0.29) is 17.6 Å². The Bertz CT molecular complexity index is 453. The van der Waals surface area contributed by atoms with Crippen LogP contribution in [0.15, 0.2) is 12.3 Å². The Balaban J connectivity index is 2.02. The average molecular weight is 255 g/mol. The van der Waals surface area contributed by atoms with Crippen molar-refractivity contribution in [3.05, 3.63) is 23.9 Å². The number of nitrogens with zero attached hydrogens (tertiary/aromatic N) is 2. The fraction of sp³-hybridized carbons (Fsp3) is 0.500. The summed E-state index contributed by atoms with van der Waals surface area (Å²) in [5.74, 6) is -2.26. The van der Waals surface area contributed by atoms with Crippen molar-refractivity contribution in [2.45, 2.75) is 12.8 Å². The van der Waals surface area contributed by atoms with Crippen LogP contribution in [0.2, 0.25) is 0 Å². The van der Waals surface area contributed by atoms with Gasteiger partial charge in [0.15, 0.2) is 11.6 Å². The molecular formula is C12H15F2N3O. The van der Waals surface area contributed by atoms with Gasteiger partial charge in [-0.15, -0.1) is 0 Å². The van der Waals surface area contributed by atoms with E-state index in [0.29, 0.717) is 12.6 Å². The predicted molar refractivity (Wildman–Crippen MR) is 63.0 cm³/mol. The number of carbonyl (C=O) groups is 1. The van der Waals surface area contributed by atoms with Crippen LogP contribution in [0.4, 0.5) is 14.6 Å². The number of anilines is 1. The monoisotopic (exact) mass is 255 g/mol. The first-order chi connectivity index (χ1) is 8.56. The average Bonchev–Trinajstić information content (AvgIpc) is 2.32. The van der Waals surface area contributed by atoms with E-state index in [1.807, 2.05) is 7.05 Å². The number of aromatic nitrogens is 1. The van der Waals surface area contributed by atoms with Crippen molar-refractivity contribution in [1.82, 2.24) is 9.88 Å². The Hall–Kier alpha value is -1.56. The summed E-state index contributed by atoms with van der Waals surface area (Å²) in [6, 6.07) is 0.704. The first-order valence-corrected chi connectivity index (χ1v) is 5.86. The molecule has 18 heavy (non-hydrogen) atoms. The number of hydrogen-bond donors (Lipinski definition) is 1. The first kappa shape index (κ1) is 12.9. The molecule has 1 unspecified atom stereocenters. The molecule has 1 amide bonds. The molecule has 1 N–H and O–H groups in total. The first-order valence-electron chi connectivity index (χ1n) is 5.86. The second-order valence-electron chi connectivity index (χ2n) is 4.57. The van der Waals surface area contributed by atoms with Gasteiger partial charge in [0.25, 0.3) is 0 Å². The van der Waals surface area contributed by atoms with Gasteiger partial charge < -0.3 is 10.2 Å². The van der Waals surface area contributed by atoms with Crippen LogP contribution in [-0.2, 0) is 4.79 Å². The minimum atomic E-state index is -0.854. The third kappa shape index (κ3) is 3.01. The predicted octanol–water partition coefficient (Wildman–Crippen LogP) is 1.64. The highest BCUT2D eigenvalue weighted by Crippen LogP contribution is 2.18. The molecule has 0 saturated carbocycles. The minimum absolute atomic E-state index is 0.171. The number of amides is 1. The van der Waals surface area contributed by atoms with E-state index in [1.165, 1.54) is 0 Å². The zero-order valence-electron chi connectivity index (χ0n) is 10.1. The maximum Gasteiger partial charge on any atom is 0.230 e. The highest BCUT2D eigenvalue weighted by atomic mass is 19.1. The van der Waals surface area contributed by atoms with Crippen molar-refractivity contribution in [2.24, 2.45) is 5.92 Å². The molecule has 0 aromatic carbocycles. The molecule has 2 heterocycles. The molecule has 1 aromatic rings. The van der Waals surface area contributed by atoms with E-state index in [1.54, 1.807) is 0 Å². The van der Waals surface area contributed by atoms with Crippen molar-refractivity contribution in [1.29, 1.82) is 0 Å². The number of hydrogen-bond acceptors (Lipinski definition) is 3. The summed E-state index contributed by atoms with van der Waals surface area (Å²) in [6.07, 6.45) is 2.60. The molecule has 0 bridgehead atoms. The van der Waals surface area contributed by atoms with Crippen LogP contribution < -0.4 is 5.32 Å². The summed E-state index contributed by atoms with van der Waals surface area (Å²) < 4.78 is 26.0. The van der Waals surface area contributed by atoms with E-state index >= 15 is 0 Å². The van der Waals surface area contributed by atoms with E-state index in [4.69, 9.17) is 0 Å². The van der Waals surface area contributed by atoms with Gasteiger partial charge in [-0.2, -0.15) is 0 Å². The third-order valence-electron chi connectivity index (χ3n) is 3.04. The lowest BCUT2D eigenvalue weighted by Gasteiger charge is -2.28. The van der Waals surface area contributed by atoms with Gasteiger partial charge >= 0.3 is 0 Å². The molecule has 0 radical (unpaired) electrons. The summed E-state index contributed by atoms with van der Waals surface area (Å²) in [5, 5.41) is 2.41. The number of halogens is 2. The van der Waals surface area contributed by atoms with Gasteiger partial charge in [-0.3, -0.25) is 4.79 Å². The Morgan fingerprint density at radius 1 is 1.56 bits per heavy atom. The largest absolute Gasteiger partial charge is 0.308 e. The lowest BCUT2D eigenvalue weighted by atomic mass is 9.98. The van der Waals surface area contributed by atoms with Crippen LogP contribution in [0.1, 0.15) is 12.8 Å². The Morgan fingerprint density at radius 3 is 3.00 bits per heavy atom. The fourth-order valence-electron chi connectivity index (χ4n) is 2.11. The molecule has 0 spiro atoms. The topological polar surface area (TPSA) is 45.2 Å². The van der Waals surface area contributed by atoms with Gasteiger partial charge in [0.1, 0.15) is 5.82 Å². The summed E-state index contributed by atoms with van der Waals surface area (Å²) >= 11 is 0. The van der Waals surface area contributed by atoms with E-state index in [0.717, 1.165) is 25.6 Å². The number of nitrogens with one attached hydrogen (secondary N) is 1. The van der Waals surface area contributed by atoms with E-state index in [9.17, 15) is 13.6 Å². The van der Waals surface area contributed by atoms with Gasteiger partial charge in [0.2, 0.25) is 5.91 Å². The molecule has 98 valence electrons. The van der Waals surface area contributed by atoms with Gasteiger partial charge in [0.05, 0.1) is 12.1 Å². The standard InChI is InChI=1S/C12H15F2N3O/c1-17-4-2-3-8(7-17)12(18)16-11-10(14)5-9(13)6-15-11/h5-6,8H,2-4,7H2,1H3,(H,15,16,18). The number of piperidine rings is 1. The Labute approximate surface area is 104 Å². The number of likely N-dealkylation sites (tertiary alicyclic amines) is 1. The van der Waals surface area contributed by atoms with Crippen LogP contribution in [0.3, 0.4) is 0 Å². The second kappa shape index (κ2) is 5.39.